The summed E-state index contributed by atoms with van der Waals surface area (Å²) in [4.78, 5) is 22.0. The summed E-state index contributed by atoms with van der Waals surface area (Å²) in [6.45, 7) is 2.79. The zero-order valence-electron chi connectivity index (χ0n) is 22.3. The van der Waals surface area contributed by atoms with Gasteiger partial charge in [-0.25, -0.2) is 4.98 Å². The van der Waals surface area contributed by atoms with Gasteiger partial charge in [-0.1, -0.05) is 59.8 Å². The number of methoxy groups -OCH3 is 1. The van der Waals surface area contributed by atoms with E-state index in [1.807, 2.05) is 93.7 Å². The number of nitrogens with zero attached hydrogens (tertiary/aromatic N) is 6. The van der Waals surface area contributed by atoms with Crippen LogP contribution < -0.4 is 9.64 Å². The van der Waals surface area contributed by atoms with Crippen molar-refractivity contribution in [2.24, 2.45) is 0 Å². The van der Waals surface area contributed by atoms with E-state index >= 15 is 0 Å². The van der Waals surface area contributed by atoms with Crippen molar-refractivity contribution in [3.05, 3.63) is 100.0 Å². The van der Waals surface area contributed by atoms with Crippen molar-refractivity contribution >= 4 is 46.3 Å². The Morgan fingerprint density at radius 2 is 1.73 bits per heavy atom. The minimum atomic E-state index is -0.0315. The maximum atomic E-state index is 13.2. The highest BCUT2D eigenvalue weighted by atomic mass is 35.5. The summed E-state index contributed by atoms with van der Waals surface area (Å²) in [5.74, 6) is 2.02. The number of carbonyl (C=O) groups is 1. The smallest absolute Gasteiger partial charge is 0.273 e. The van der Waals surface area contributed by atoms with Gasteiger partial charge >= 0.3 is 0 Å². The van der Waals surface area contributed by atoms with Gasteiger partial charge in [-0.3, -0.25) is 9.36 Å². The van der Waals surface area contributed by atoms with Crippen LogP contribution in [0.15, 0.2) is 89.4 Å². The number of thiazole rings is 1. The zero-order chi connectivity index (χ0) is 28.2. The van der Waals surface area contributed by atoms with Crippen molar-refractivity contribution in [2.75, 3.05) is 38.2 Å². The van der Waals surface area contributed by atoms with Gasteiger partial charge in [0.1, 0.15) is 16.5 Å². The van der Waals surface area contributed by atoms with Crippen LogP contribution in [0.3, 0.4) is 0 Å². The summed E-state index contributed by atoms with van der Waals surface area (Å²) >= 11 is 9.19. The van der Waals surface area contributed by atoms with Crippen molar-refractivity contribution in [1.82, 2.24) is 24.6 Å². The van der Waals surface area contributed by atoms with Crippen LogP contribution in [0.4, 0.5) is 5.69 Å². The monoisotopic (exact) mass is 602 g/mol. The number of thioether (sulfide) groups is 1. The molecule has 8 nitrogen and oxygen atoms in total. The topological polar surface area (TPSA) is 76.4 Å². The average Bonchev–Trinajstić information content (AvgIpc) is 3.68. The third kappa shape index (κ3) is 6.09. The molecule has 0 saturated carbocycles. The number of ether oxygens (including phenoxy) is 1. The second kappa shape index (κ2) is 12.3. The van der Waals surface area contributed by atoms with Crippen molar-refractivity contribution in [3.8, 4) is 22.8 Å². The Bertz CT molecular complexity index is 1650. The number of halogens is 1. The maximum Gasteiger partial charge on any atom is 0.273 e. The maximum absolute atomic E-state index is 13.2. The molecule has 1 amide bonds. The Morgan fingerprint density at radius 3 is 2.51 bits per heavy atom. The second-order valence-electron chi connectivity index (χ2n) is 9.38. The fraction of sp³-hybridized carbons (Fsp3) is 0.200. The van der Waals surface area contributed by atoms with Gasteiger partial charge in [-0.05, 0) is 42.5 Å². The first-order valence-electron chi connectivity index (χ1n) is 13.1. The molecule has 1 aliphatic heterocycles. The summed E-state index contributed by atoms with van der Waals surface area (Å²) in [5.41, 5.74) is 3.44. The van der Waals surface area contributed by atoms with Crippen LogP contribution in [0.5, 0.6) is 5.75 Å². The molecule has 1 fully saturated rings. The molecule has 0 aliphatic carbocycles. The molecule has 0 radical (unpaired) electrons. The van der Waals surface area contributed by atoms with E-state index in [4.69, 9.17) is 16.3 Å². The number of aromatic nitrogens is 4. The number of hydrogen-bond acceptors (Lipinski definition) is 8. The fourth-order valence-corrected chi connectivity index (χ4v) is 6.65. The Labute approximate surface area is 251 Å². The standard InChI is InChI=1S/C30H27ClN6O2S2/c1-39-25-12-5-7-21(17-25)28-33-34-30(37(28)23-9-3-2-4-10-23)41-20-27-32-26(19-40-27)29(38)36-15-13-35(14-16-36)24-11-6-8-22(31)18-24/h2-12,17-19H,13-16,20H2,1H3. The molecular formula is C30H27ClN6O2S2. The SMILES string of the molecule is COc1cccc(-c2nnc(SCc3nc(C(=O)N4CCN(c5cccc(Cl)c5)CC4)cs3)n2-c2ccccc2)c1. The normalized spacial score (nSPS) is 13.4. The number of carbonyl (C=O) groups excluding carboxylic acids is 1. The number of benzene rings is 3. The van der Waals surface area contributed by atoms with Gasteiger partial charge in [0.05, 0.1) is 12.9 Å². The number of hydrogen-bond donors (Lipinski definition) is 0. The molecule has 2 aromatic heterocycles. The molecule has 0 unspecified atom stereocenters. The van der Waals surface area contributed by atoms with Gasteiger partial charge in [0.2, 0.25) is 0 Å². The van der Waals surface area contributed by atoms with Crippen LogP contribution in [-0.2, 0) is 5.75 Å². The molecule has 0 N–H and O–H groups in total. The molecule has 0 bridgehead atoms. The van der Waals surface area contributed by atoms with E-state index in [1.54, 1.807) is 18.9 Å². The summed E-state index contributed by atoms with van der Waals surface area (Å²) in [6.07, 6.45) is 0. The molecule has 208 valence electrons. The predicted molar refractivity (Wildman–Crippen MR) is 165 cm³/mol. The second-order valence-corrected chi connectivity index (χ2v) is 11.7. The lowest BCUT2D eigenvalue weighted by molar-refractivity contribution is 0.0741. The Balaban J connectivity index is 1.14. The van der Waals surface area contributed by atoms with Gasteiger partial charge in [-0.2, -0.15) is 0 Å². The first kappa shape index (κ1) is 27.3. The summed E-state index contributed by atoms with van der Waals surface area (Å²) in [6, 6.07) is 25.6. The molecule has 0 spiro atoms. The van der Waals surface area contributed by atoms with Gasteiger partial charge in [-0.15, -0.1) is 21.5 Å². The summed E-state index contributed by atoms with van der Waals surface area (Å²) < 4.78 is 7.46. The molecule has 0 atom stereocenters. The number of para-hydroxylation sites is 1. The van der Waals surface area contributed by atoms with Crippen LogP contribution in [-0.4, -0.2) is 63.8 Å². The Morgan fingerprint density at radius 1 is 0.951 bits per heavy atom. The highest BCUT2D eigenvalue weighted by Gasteiger charge is 2.24. The van der Waals surface area contributed by atoms with Crippen LogP contribution >= 0.6 is 34.7 Å². The molecule has 5 aromatic rings. The van der Waals surface area contributed by atoms with Crippen LogP contribution in [0.1, 0.15) is 15.5 Å². The van der Waals surface area contributed by atoms with Gasteiger partial charge in [0.15, 0.2) is 11.0 Å². The third-order valence-corrected chi connectivity index (χ3v) is 9.02. The number of amides is 1. The van der Waals surface area contributed by atoms with E-state index in [9.17, 15) is 4.79 Å². The Hall–Kier alpha value is -3.86. The Kier molecular flexibility index (Phi) is 8.22. The highest BCUT2D eigenvalue weighted by molar-refractivity contribution is 7.98. The highest BCUT2D eigenvalue weighted by Crippen LogP contribution is 2.32. The molecular weight excluding hydrogens is 576 g/mol. The fourth-order valence-electron chi connectivity index (χ4n) is 4.73. The summed E-state index contributed by atoms with van der Waals surface area (Å²) in [7, 11) is 1.65. The predicted octanol–water partition coefficient (Wildman–Crippen LogP) is 6.31. The van der Waals surface area contributed by atoms with E-state index in [1.165, 1.54) is 11.3 Å². The van der Waals surface area contributed by atoms with E-state index in [0.717, 1.165) is 51.8 Å². The quantitative estimate of drug-likeness (QED) is 0.193. The van der Waals surface area contributed by atoms with E-state index in [0.29, 0.717) is 29.6 Å². The molecule has 1 saturated heterocycles. The van der Waals surface area contributed by atoms with Crippen LogP contribution in [0, 0.1) is 0 Å². The van der Waals surface area contributed by atoms with Crippen molar-refractivity contribution in [1.29, 1.82) is 0 Å². The largest absolute Gasteiger partial charge is 0.497 e. The first-order valence-corrected chi connectivity index (χ1v) is 15.4. The number of anilines is 1. The van der Waals surface area contributed by atoms with Gasteiger partial charge < -0.3 is 14.5 Å². The summed E-state index contributed by atoms with van der Waals surface area (Å²) in [5, 5.41) is 13.2. The minimum Gasteiger partial charge on any atom is -0.497 e. The van der Waals surface area contributed by atoms with Gasteiger partial charge in [0, 0.05) is 53.5 Å². The minimum absolute atomic E-state index is 0.0315. The third-order valence-electron chi connectivity index (χ3n) is 6.81. The zero-order valence-corrected chi connectivity index (χ0v) is 24.7. The van der Waals surface area contributed by atoms with Gasteiger partial charge in [0.25, 0.3) is 5.91 Å². The van der Waals surface area contributed by atoms with E-state index < -0.39 is 0 Å². The molecule has 11 heteroatoms. The van der Waals surface area contributed by atoms with Crippen LogP contribution in [0.2, 0.25) is 5.02 Å². The molecule has 3 aromatic carbocycles. The average molecular weight is 603 g/mol. The lowest BCUT2D eigenvalue weighted by Crippen LogP contribution is -2.48. The van der Waals surface area contributed by atoms with Crippen LogP contribution in [0.25, 0.3) is 17.1 Å². The van der Waals surface area contributed by atoms with E-state index in [-0.39, 0.29) is 5.91 Å². The number of piperazine rings is 1. The lowest BCUT2D eigenvalue weighted by Gasteiger charge is -2.35. The molecule has 6 rings (SSSR count). The van der Waals surface area contributed by atoms with Crippen molar-refractivity contribution in [2.45, 2.75) is 10.9 Å². The first-order chi connectivity index (χ1) is 20.1. The van der Waals surface area contributed by atoms with Crippen molar-refractivity contribution in [3.63, 3.8) is 0 Å². The number of rotatable bonds is 8. The van der Waals surface area contributed by atoms with E-state index in [2.05, 4.69) is 20.1 Å². The molecule has 41 heavy (non-hydrogen) atoms. The lowest BCUT2D eigenvalue weighted by atomic mass is 10.2. The molecule has 1 aliphatic rings. The van der Waals surface area contributed by atoms with Crippen molar-refractivity contribution < 1.29 is 9.53 Å². The molecule has 3 heterocycles.